The van der Waals surface area contributed by atoms with E-state index in [-0.39, 0.29) is 0 Å². The number of aliphatic imine (C=N–C) groups is 2. The van der Waals surface area contributed by atoms with E-state index in [4.69, 9.17) is 9.47 Å². The first-order valence-electron chi connectivity index (χ1n) is 13.9. The maximum atomic E-state index is 5.18. The van der Waals surface area contributed by atoms with Crippen molar-refractivity contribution >= 4 is 23.8 Å². The first-order chi connectivity index (χ1) is 21.7. The molecule has 0 bridgehead atoms. The van der Waals surface area contributed by atoms with Crippen molar-refractivity contribution in [3.8, 4) is 45.1 Å². The lowest BCUT2D eigenvalue weighted by atomic mass is 10.1. The highest BCUT2D eigenvalue weighted by Crippen LogP contribution is 2.24. The number of aromatic nitrogens is 4. The molecule has 0 N–H and O–H groups in total. The highest BCUT2D eigenvalue weighted by molar-refractivity contribution is 5.81. The first-order valence-corrected chi connectivity index (χ1v) is 13.9. The summed E-state index contributed by atoms with van der Waals surface area (Å²) < 4.78 is 10.4. The largest absolute Gasteiger partial charge is 0.497 e. The molecular formula is C36H28N6O2. The van der Waals surface area contributed by atoms with Crippen LogP contribution in [-0.4, -0.2) is 46.6 Å². The fraction of sp³-hybridized carbons (Fsp3) is 0.0556. The fourth-order valence-corrected chi connectivity index (χ4v) is 4.36. The van der Waals surface area contributed by atoms with E-state index in [1.54, 1.807) is 26.6 Å². The normalized spacial score (nSPS) is 11.2. The number of nitrogens with zero attached hydrogens (tertiary/aromatic N) is 6. The Morgan fingerprint density at radius 3 is 1.09 bits per heavy atom. The van der Waals surface area contributed by atoms with Gasteiger partial charge in [-0.25, -0.2) is 0 Å². The van der Waals surface area contributed by atoms with Crippen molar-refractivity contribution in [3.05, 3.63) is 133 Å². The highest BCUT2D eigenvalue weighted by Gasteiger charge is 2.06. The van der Waals surface area contributed by atoms with Gasteiger partial charge in [0.05, 0.1) is 60.8 Å². The summed E-state index contributed by atoms with van der Waals surface area (Å²) in [5, 5.41) is 0. The molecule has 0 atom stereocenters. The van der Waals surface area contributed by atoms with Gasteiger partial charge in [0.15, 0.2) is 0 Å². The molecule has 6 aromatic rings. The van der Waals surface area contributed by atoms with Crippen LogP contribution in [0, 0.1) is 0 Å². The second-order valence-electron chi connectivity index (χ2n) is 9.72. The zero-order chi connectivity index (χ0) is 30.1. The summed E-state index contributed by atoms with van der Waals surface area (Å²) in [5.41, 5.74) is 8.67. The van der Waals surface area contributed by atoms with E-state index in [1.807, 2.05) is 122 Å². The number of pyridine rings is 4. The molecule has 0 saturated heterocycles. The summed E-state index contributed by atoms with van der Waals surface area (Å²) in [4.78, 5) is 27.3. The molecule has 2 aromatic carbocycles. The molecule has 0 saturated carbocycles. The molecule has 214 valence electrons. The molecule has 8 nitrogen and oxygen atoms in total. The van der Waals surface area contributed by atoms with Gasteiger partial charge in [0.25, 0.3) is 0 Å². The minimum Gasteiger partial charge on any atom is -0.497 e. The molecule has 4 heterocycles. The minimum atomic E-state index is 0.768. The number of hydrogen-bond donors (Lipinski definition) is 0. The van der Waals surface area contributed by atoms with E-state index in [1.165, 1.54) is 0 Å². The Morgan fingerprint density at radius 2 is 0.795 bits per heavy atom. The van der Waals surface area contributed by atoms with Gasteiger partial charge in [-0.15, -0.1) is 0 Å². The van der Waals surface area contributed by atoms with Crippen LogP contribution in [0.25, 0.3) is 33.6 Å². The molecule has 0 amide bonds. The molecule has 0 spiro atoms. The smallest absolute Gasteiger partial charge is 0.119 e. The summed E-state index contributed by atoms with van der Waals surface area (Å²) in [6.45, 7) is 0. The van der Waals surface area contributed by atoms with Gasteiger partial charge in [0.1, 0.15) is 11.5 Å². The Labute approximate surface area is 255 Å². The predicted octanol–water partition coefficient (Wildman–Crippen LogP) is 7.79. The van der Waals surface area contributed by atoms with Crippen LogP contribution >= 0.6 is 0 Å². The van der Waals surface area contributed by atoms with Gasteiger partial charge in [-0.05, 0) is 72.8 Å². The van der Waals surface area contributed by atoms with Crippen molar-refractivity contribution in [2.45, 2.75) is 0 Å². The highest BCUT2D eigenvalue weighted by atomic mass is 16.5. The number of methoxy groups -OCH3 is 2. The Kier molecular flexibility index (Phi) is 8.50. The van der Waals surface area contributed by atoms with Crippen LogP contribution in [0.15, 0.2) is 132 Å². The van der Waals surface area contributed by atoms with Gasteiger partial charge in [-0.1, -0.05) is 24.3 Å². The van der Waals surface area contributed by atoms with Crippen LogP contribution < -0.4 is 9.47 Å². The molecular weight excluding hydrogens is 548 g/mol. The molecule has 8 heteroatoms. The maximum Gasteiger partial charge on any atom is 0.119 e. The third kappa shape index (κ3) is 6.88. The summed E-state index contributed by atoms with van der Waals surface area (Å²) in [5.74, 6) is 1.60. The van der Waals surface area contributed by atoms with Gasteiger partial charge < -0.3 is 9.47 Å². The summed E-state index contributed by atoms with van der Waals surface area (Å²) in [6.07, 6.45) is 10.8. The lowest BCUT2D eigenvalue weighted by Gasteiger charge is -2.06. The monoisotopic (exact) mass is 576 g/mol. The molecule has 44 heavy (non-hydrogen) atoms. The second-order valence-corrected chi connectivity index (χ2v) is 9.72. The fourth-order valence-electron chi connectivity index (χ4n) is 4.36. The van der Waals surface area contributed by atoms with Crippen molar-refractivity contribution in [2.24, 2.45) is 9.98 Å². The lowest BCUT2D eigenvalue weighted by Crippen LogP contribution is -1.91. The van der Waals surface area contributed by atoms with Crippen LogP contribution in [0.3, 0.4) is 0 Å². The minimum absolute atomic E-state index is 0.768. The molecule has 0 radical (unpaired) electrons. The van der Waals surface area contributed by atoms with E-state index in [2.05, 4.69) is 29.9 Å². The summed E-state index contributed by atoms with van der Waals surface area (Å²) in [6, 6.07) is 31.0. The van der Waals surface area contributed by atoms with E-state index in [9.17, 15) is 0 Å². The van der Waals surface area contributed by atoms with Gasteiger partial charge >= 0.3 is 0 Å². The molecule has 4 aromatic heterocycles. The molecule has 0 unspecified atom stereocenters. The van der Waals surface area contributed by atoms with E-state index in [0.717, 1.165) is 67.9 Å². The molecule has 0 aliphatic rings. The van der Waals surface area contributed by atoms with E-state index in [0.29, 0.717) is 0 Å². The van der Waals surface area contributed by atoms with Crippen molar-refractivity contribution in [2.75, 3.05) is 14.2 Å². The summed E-state index contributed by atoms with van der Waals surface area (Å²) >= 11 is 0. The van der Waals surface area contributed by atoms with Crippen molar-refractivity contribution in [3.63, 3.8) is 0 Å². The number of hydrogen-bond acceptors (Lipinski definition) is 8. The Hall–Kier alpha value is -6.02. The van der Waals surface area contributed by atoms with Crippen molar-refractivity contribution in [1.82, 2.24) is 19.9 Å². The molecule has 6 rings (SSSR count). The average Bonchev–Trinajstić information content (AvgIpc) is 3.11. The van der Waals surface area contributed by atoms with Gasteiger partial charge in [0.2, 0.25) is 0 Å². The average molecular weight is 577 g/mol. The second kappa shape index (κ2) is 13.3. The van der Waals surface area contributed by atoms with Crippen LogP contribution in [0.5, 0.6) is 11.5 Å². The van der Waals surface area contributed by atoms with Crippen molar-refractivity contribution in [1.29, 1.82) is 0 Å². The Balaban J connectivity index is 1.07. The SMILES string of the molecule is COc1ccc(N=Cc2ccc(-c3ccc(-c4ccc(-c5ccc(C=Nc6ccc(OC)cc6)nc5)cn4)nc3)cn2)cc1. The Bertz CT molecular complexity index is 1720. The summed E-state index contributed by atoms with van der Waals surface area (Å²) in [7, 11) is 3.28. The van der Waals surface area contributed by atoms with Gasteiger partial charge in [-0.3, -0.25) is 29.9 Å². The third-order valence-corrected chi connectivity index (χ3v) is 6.87. The zero-order valence-electron chi connectivity index (χ0n) is 24.2. The van der Waals surface area contributed by atoms with Gasteiger partial charge in [0, 0.05) is 47.0 Å². The predicted molar refractivity (Wildman–Crippen MR) is 174 cm³/mol. The van der Waals surface area contributed by atoms with E-state index < -0.39 is 0 Å². The maximum absolute atomic E-state index is 5.18. The topological polar surface area (TPSA) is 94.7 Å². The number of ether oxygens (including phenoxy) is 2. The standard InChI is InChI=1S/C36H28N6O2/c1-43-33-13-9-29(10-14-33)39-23-31-7-3-25(19-37-31)27-5-17-35(41-21-27)36-18-6-28(22-42-36)26-4-8-32(38-20-26)24-40-30-11-15-34(44-2)16-12-30/h3-24H,1-2H3. The van der Waals surface area contributed by atoms with Gasteiger partial charge in [-0.2, -0.15) is 0 Å². The van der Waals surface area contributed by atoms with Crippen LogP contribution in [-0.2, 0) is 0 Å². The molecule has 0 fully saturated rings. The molecule has 0 aliphatic carbocycles. The lowest BCUT2D eigenvalue weighted by molar-refractivity contribution is 0.415. The quantitative estimate of drug-likeness (QED) is 0.163. The van der Waals surface area contributed by atoms with Crippen LogP contribution in [0.2, 0.25) is 0 Å². The number of rotatable bonds is 9. The zero-order valence-corrected chi connectivity index (χ0v) is 24.2. The van der Waals surface area contributed by atoms with Crippen molar-refractivity contribution < 1.29 is 9.47 Å². The molecule has 0 aliphatic heterocycles. The first kappa shape index (κ1) is 28.1. The Morgan fingerprint density at radius 1 is 0.432 bits per heavy atom. The van der Waals surface area contributed by atoms with Crippen LogP contribution in [0.4, 0.5) is 11.4 Å². The number of benzene rings is 2. The third-order valence-electron chi connectivity index (χ3n) is 6.87. The van der Waals surface area contributed by atoms with Crippen LogP contribution in [0.1, 0.15) is 11.4 Å². The van der Waals surface area contributed by atoms with E-state index >= 15 is 0 Å².